The van der Waals surface area contributed by atoms with Crippen molar-refractivity contribution in [2.24, 2.45) is 0 Å². The molecule has 0 bridgehead atoms. The SMILES string of the molecule is [NH]C(=O)OCCc1ccc([N+](=O)[O-])cc1. The van der Waals surface area contributed by atoms with E-state index in [-0.39, 0.29) is 12.3 Å². The minimum atomic E-state index is -1.07. The molecule has 1 N–H and O–H groups in total. The normalized spacial score (nSPS) is 9.60. The summed E-state index contributed by atoms with van der Waals surface area (Å²) in [5.41, 5.74) is 7.33. The molecule has 0 spiro atoms. The molecule has 0 saturated carbocycles. The molecular weight excluding hydrogens is 200 g/mol. The lowest BCUT2D eigenvalue weighted by Gasteiger charge is -2.00. The molecule has 15 heavy (non-hydrogen) atoms. The molecule has 0 saturated heterocycles. The Balaban J connectivity index is 2.50. The lowest BCUT2D eigenvalue weighted by molar-refractivity contribution is -0.384. The Hall–Kier alpha value is -2.11. The van der Waals surface area contributed by atoms with Gasteiger partial charge in [0.05, 0.1) is 11.5 Å². The highest BCUT2D eigenvalue weighted by Gasteiger charge is 2.04. The van der Waals surface area contributed by atoms with Crippen LogP contribution in [0, 0.1) is 10.1 Å². The first kappa shape index (κ1) is 11.0. The van der Waals surface area contributed by atoms with E-state index in [9.17, 15) is 14.9 Å². The second-order valence-electron chi connectivity index (χ2n) is 2.81. The van der Waals surface area contributed by atoms with Crippen molar-refractivity contribution in [2.45, 2.75) is 6.42 Å². The standard InChI is InChI=1S/C9H9N2O4/c10-9(12)15-6-5-7-1-3-8(4-2-7)11(13)14/h1-4,10H,5-6H2. The van der Waals surface area contributed by atoms with Gasteiger partial charge in [0.15, 0.2) is 0 Å². The Morgan fingerprint density at radius 1 is 1.40 bits per heavy atom. The Morgan fingerprint density at radius 2 is 2.00 bits per heavy atom. The lowest BCUT2D eigenvalue weighted by atomic mass is 10.1. The highest BCUT2D eigenvalue weighted by Crippen LogP contribution is 2.12. The molecule has 6 heteroatoms. The number of carbonyl (C=O) groups excluding carboxylic acids is 1. The van der Waals surface area contributed by atoms with E-state index >= 15 is 0 Å². The van der Waals surface area contributed by atoms with Crippen LogP contribution < -0.4 is 5.73 Å². The average Bonchev–Trinajstić information content (AvgIpc) is 2.18. The zero-order chi connectivity index (χ0) is 11.3. The average molecular weight is 209 g/mol. The van der Waals surface area contributed by atoms with Crippen LogP contribution in [0.2, 0.25) is 0 Å². The Kier molecular flexibility index (Phi) is 3.61. The van der Waals surface area contributed by atoms with Crippen molar-refractivity contribution >= 4 is 11.8 Å². The molecule has 1 aromatic rings. The molecular formula is C9H9N2O4. The quantitative estimate of drug-likeness (QED) is 0.555. The third-order valence-corrected chi connectivity index (χ3v) is 1.77. The number of rotatable bonds is 4. The number of non-ortho nitro benzene ring substituents is 1. The first-order valence-corrected chi connectivity index (χ1v) is 4.21. The topological polar surface area (TPSA) is 93.2 Å². The number of ether oxygens (including phenoxy) is 1. The summed E-state index contributed by atoms with van der Waals surface area (Å²) in [5, 5.41) is 10.3. The molecule has 0 aliphatic heterocycles. The Labute approximate surface area is 85.8 Å². The minimum absolute atomic E-state index is 0.0243. The zero-order valence-electron chi connectivity index (χ0n) is 7.80. The van der Waals surface area contributed by atoms with Crippen LogP contribution in [0.4, 0.5) is 10.5 Å². The van der Waals surface area contributed by atoms with Crippen molar-refractivity contribution in [2.75, 3.05) is 6.61 Å². The molecule has 0 unspecified atom stereocenters. The molecule has 1 rings (SSSR count). The maximum atomic E-state index is 10.3. The highest BCUT2D eigenvalue weighted by molar-refractivity contribution is 5.63. The second kappa shape index (κ2) is 4.94. The van der Waals surface area contributed by atoms with Gasteiger partial charge in [0.25, 0.3) is 5.69 Å². The van der Waals surface area contributed by atoms with Crippen LogP contribution in [0.3, 0.4) is 0 Å². The fourth-order valence-electron chi connectivity index (χ4n) is 1.05. The molecule has 0 heterocycles. The fourth-order valence-corrected chi connectivity index (χ4v) is 1.05. The van der Waals surface area contributed by atoms with E-state index in [1.54, 1.807) is 12.1 Å². The molecule has 0 fully saturated rings. The maximum Gasteiger partial charge on any atom is 0.426 e. The summed E-state index contributed by atoms with van der Waals surface area (Å²) in [6, 6.07) is 5.96. The number of nitrogens with zero attached hydrogens (tertiary/aromatic N) is 1. The monoisotopic (exact) mass is 209 g/mol. The second-order valence-corrected chi connectivity index (χ2v) is 2.81. The van der Waals surface area contributed by atoms with Crippen molar-refractivity contribution in [3.05, 3.63) is 39.9 Å². The predicted molar refractivity (Wildman–Crippen MR) is 51.2 cm³/mol. The van der Waals surface area contributed by atoms with Crippen molar-refractivity contribution in [3.63, 3.8) is 0 Å². The van der Waals surface area contributed by atoms with E-state index in [2.05, 4.69) is 4.74 Å². The van der Waals surface area contributed by atoms with Gasteiger partial charge in [-0.1, -0.05) is 12.1 Å². The van der Waals surface area contributed by atoms with E-state index in [0.717, 1.165) is 5.56 Å². The van der Waals surface area contributed by atoms with E-state index in [1.165, 1.54) is 12.1 Å². The van der Waals surface area contributed by atoms with Gasteiger partial charge in [0.1, 0.15) is 0 Å². The van der Waals surface area contributed by atoms with Gasteiger partial charge >= 0.3 is 6.09 Å². The summed E-state index contributed by atoms with van der Waals surface area (Å²) in [4.78, 5) is 20.0. The summed E-state index contributed by atoms with van der Waals surface area (Å²) < 4.78 is 4.42. The minimum Gasteiger partial charge on any atom is -0.448 e. The largest absolute Gasteiger partial charge is 0.448 e. The van der Waals surface area contributed by atoms with Gasteiger partial charge in [0.2, 0.25) is 0 Å². The summed E-state index contributed by atoms with van der Waals surface area (Å²) in [6.45, 7) is 0.111. The molecule has 1 aromatic carbocycles. The van der Waals surface area contributed by atoms with Gasteiger partial charge < -0.3 is 4.74 Å². The van der Waals surface area contributed by atoms with Gasteiger partial charge in [0, 0.05) is 18.6 Å². The van der Waals surface area contributed by atoms with Crippen LogP contribution >= 0.6 is 0 Å². The number of nitrogens with one attached hydrogen (secondary N) is 1. The van der Waals surface area contributed by atoms with Gasteiger partial charge in [-0.2, -0.15) is 0 Å². The lowest BCUT2D eigenvalue weighted by Crippen LogP contribution is -2.05. The molecule has 0 atom stereocenters. The number of benzene rings is 1. The third-order valence-electron chi connectivity index (χ3n) is 1.77. The molecule has 1 amide bonds. The number of hydrogen-bond donors (Lipinski definition) is 0. The number of carbonyl (C=O) groups is 1. The predicted octanol–water partition coefficient (Wildman–Crippen LogP) is 1.56. The summed E-state index contributed by atoms with van der Waals surface area (Å²) in [5.74, 6) is 0. The van der Waals surface area contributed by atoms with Gasteiger partial charge in [-0.25, -0.2) is 10.5 Å². The van der Waals surface area contributed by atoms with Crippen molar-refractivity contribution in [1.29, 1.82) is 0 Å². The number of hydrogen-bond acceptors (Lipinski definition) is 4. The van der Waals surface area contributed by atoms with Gasteiger partial charge in [-0.3, -0.25) is 10.1 Å². The van der Waals surface area contributed by atoms with Crippen molar-refractivity contribution < 1.29 is 14.5 Å². The van der Waals surface area contributed by atoms with Crippen LogP contribution in [0.1, 0.15) is 5.56 Å². The summed E-state index contributed by atoms with van der Waals surface area (Å²) in [7, 11) is 0. The highest BCUT2D eigenvalue weighted by atomic mass is 16.6. The summed E-state index contributed by atoms with van der Waals surface area (Å²) >= 11 is 0. The fraction of sp³-hybridized carbons (Fsp3) is 0.222. The number of nitro benzene ring substituents is 1. The van der Waals surface area contributed by atoms with Crippen molar-refractivity contribution in [1.82, 2.24) is 5.73 Å². The van der Waals surface area contributed by atoms with Gasteiger partial charge in [-0.15, -0.1) is 0 Å². The van der Waals surface area contributed by atoms with E-state index in [4.69, 9.17) is 5.73 Å². The first-order chi connectivity index (χ1) is 7.09. The van der Waals surface area contributed by atoms with E-state index < -0.39 is 11.0 Å². The van der Waals surface area contributed by atoms with E-state index in [0.29, 0.717) is 6.42 Å². The number of nitro groups is 1. The van der Waals surface area contributed by atoms with Crippen LogP contribution in [-0.4, -0.2) is 17.6 Å². The molecule has 0 aliphatic rings. The molecule has 1 radical (unpaired) electrons. The van der Waals surface area contributed by atoms with Crippen LogP contribution in [0.15, 0.2) is 24.3 Å². The molecule has 6 nitrogen and oxygen atoms in total. The van der Waals surface area contributed by atoms with E-state index in [1.807, 2.05) is 0 Å². The van der Waals surface area contributed by atoms with Crippen LogP contribution in [-0.2, 0) is 11.2 Å². The Bertz CT molecular complexity index is 361. The Morgan fingerprint density at radius 3 is 2.47 bits per heavy atom. The van der Waals surface area contributed by atoms with Crippen molar-refractivity contribution in [3.8, 4) is 0 Å². The molecule has 0 aliphatic carbocycles. The van der Waals surface area contributed by atoms with Gasteiger partial charge in [-0.05, 0) is 5.56 Å². The zero-order valence-corrected chi connectivity index (χ0v) is 7.80. The number of amides is 1. The van der Waals surface area contributed by atoms with Crippen LogP contribution in [0.5, 0.6) is 0 Å². The maximum absolute atomic E-state index is 10.3. The third kappa shape index (κ3) is 3.63. The van der Waals surface area contributed by atoms with Crippen LogP contribution in [0.25, 0.3) is 0 Å². The molecule has 79 valence electrons. The summed E-state index contributed by atoms with van der Waals surface area (Å²) in [6.07, 6.45) is -0.625. The molecule has 0 aromatic heterocycles. The smallest absolute Gasteiger partial charge is 0.426 e. The first-order valence-electron chi connectivity index (χ1n) is 4.21.